The molecule has 0 aliphatic heterocycles. The first-order valence-electron chi connectivity index (χ1n) is 7.33. The van der Waals surface area contributed by atoms with E-state index >= 15 is 0 Å². The van der Waals surface area contributed by atoms with Gasteiger partial charge < -0.3 is 10.6 Å². The molecule has 0 radical (unpaired) electrons. The van der Waals surface area contributed by atoms with Crippen molar-refractivity contribution in [2.75, 3.05) is 13.1 Å². The summed E-state index contributed by atoms with van der Waals surface area (Å²) in [6.07, 6.45) is 0. The van der Waals surface area contributed by atoms with Gasteiger partial charge in [0.1, 0.15) is 0 Å². The van der Waals surface area contributed by atoms with Gasteiger partial charge in [-0.1, -0.05) is 12.1 Å². The fourth-order valence-electron chi connectivity index (χ4n) is 2.28. The molecule has 3 rings (SSSR count). The number of nitrogens with zero attached hydrogens (tertiary/aromatic N) is 2. The Hall–Kier alpha value is -3.02. The predicted octanol–water partition coefficient (Wildman–Crippen LogP) is 1.65. The maximum atomic E-state index is 12.1. The van der Waals surface area contributed by atoms with Crippen LogP contribution in [0.3, 0.4) is 0 Å². The highest BCUT2D eigenvalue weighted by Crippen LogP contribution is 2.17. The second-order valence-corrected chi connectivity index (χ2v) is 5.15. The van der Waals surface area contributed by atoms with Gasteiger partial charge in [0.05, 0.1) is 22.1 Å². The van der Waals surface area contributed by atoms with Crippen molar-refractivity contribution in [2.45, 2.75) is 6.92 Å². The van der Waals surface area contributed by atoms with Crippen molar-refractivity contribution in [1.82, 2.24) is 20.6 Å². The number of rotatable bonds is 4. The van der Waals surface area contributed by atoms with E-state index in [0.29, 0.717) is 24.2 Å². The van der Waals surface area contributed by atoms with Gasteiger partial charge in [0.15, 0.2) is 0 Å². The van der Waals surface area contributed by atoms with Crippen LogP contribution in [0.1, 0.15) is 17.3 Å². The van der Waals surface area contributed by atoms with Crippen molar-refractivity contribution in [3.63, 3.8) is 0 Å². The van der Waals surface area contributed by atoms with Crippen LogP contribution in [0.25, 0.3) is 22.1 Å². The average molecular weight is 308 g/mol. The zero-order valence-corrected chi connectivity index (χ0v) is 12.7. The number of fused-ring (bicyclic) bond motifs is 2. The molecular formula is C17H16N4O2. The third-order valence-corrected chi connectivity index (χ3v) is 3.39. The topological polar surface area (TPSA) is 84.0 Å². The molecule has 2 amide bonds. The summed E-state index contributed by atoms with van der Waals surface area (Å²) in [7, 11) is 0. The molecule has 2 N–H and O–H groups in total. The summed E-state index contributed by atoms with van der Waals surface area (Å²) >= 11 is 0. The van der Waals surface area contributed by atoms with Crippen LogP contribution >= 0.6 is 0 Å². The molecule has 1 heterocycles. The summed E-state index contributed by atoms with van der Waals surface area (Å²) in [5.74, 6) is -0.320. The summed E-state index contributed by atoms with van der Waals surface area (Å²) in [6, 6.07) is 12.9. The number of nitrogens with one attached hydrogen (secondary N) is 2. The number of amides is 2. The molecule has 0 saturated heterocycles. The van der Waals surface area contributed by atoms with E-state index in [2.05, 4.69) is 20.6 Å². The molecule has 3 aromatic rings. The van der Waals surface area contributed by atoms with Gasteiger partial charge in [-0.3, -0.25) is 9.59 Å². The van der Waals surface area contributed by atoms with Crippen molar-refractivity contribution in [3.05, 3.63) is 48.0 Å². The number of hydrogen-bond donors (Lipinski definition) is 2. The van der Waals surface area contributed by atoms with Crippen molar-refractivity contribution in [1.29, 1.82) is 0 Å². The predicted molar refractivity (Wildman–Crippen MR) is 88.1 cm³/mol. The molecule has 0 bridgehead atoms. The van der Waals surface area contributed by atoms with Crippen molar-refractivity contribution in [2.24, 2.45) is 0 Å². The van der Waals surface area contributed by atoms with Crippen molar-refractivity contribution in [3.8, 4) is 0 Å². The van der Waals surface area contributed by atoms with E-state index < -0.39 is 0 Å². The van der Waals surface area contributed by atoms with Gasteiger partial charge in [-0.2, -0.15) is 0 Å². The van der Waals surface area contributed by atoms with Crippen LogP contribution in [-0.4, -0.2) is 34.9 Å². The van der Waals surface area contributed by atoms with Crippen molar-refractivity contribution < 1.29 is 9.59 Å². The lowest BCUT2D eigenvalue weighted by Crippen LogP contribution is -2.33. The largest absolute Gasteiger partial charge is 0.355 e. The van der Waals surface area contributed by atoms with Gasteiger partial charge in [-0.05, 0) is 30.3 Å². The lowest BCUT2D eigenvalue weighted by atomic mass is 10.1. The monoisotopic (exact) mass is 308 g/mol. The number of hydrogen-bond acceptors (Lipinski definition) is 4. The van der Waals surface area contributed by atoms with E-state index in [1.165, 1.54) is 6.92 Å². The zero-order valence-electron chi connectivity index (χ0n) is 12.7. The molecule has 0 aliphatic rings. The summed E-state index contributed by atoms with van der Waals surface area (Å²) in [5, 5.41) is 5.38. The second kappa shape index (κ2) is 6.39. The Morgan fingerprint density at radius 2 is 1.48 bits per heavy atom. The van der Waals surface area contributed by atoms with Gasteiger partial charge in [-0.15, -0.1) is 0 Å². The minimum Gasteiger partial charge on any atom is -0.355 e. The zero-order chi connectivity index (χ0) is 16.2. The first-order valence-corrected chi connectivity index (χ1v) is 7.33. The molecular weight excluding hydrogens is 292 g/mol. The van der Waals surface area contributed by atoms with Gasteiger partial charge in [0.25, 0.3) is 5.91 Å². The Balaban J connectivity index is 1.80. The molecule has 0 spiro atoms. The van der Waals surface area contributed by atoms with E-state index in [1.54, 1.807) is 18.2 Å². The smallest absolute Gasteiger partial charge is 0.251 e. The molecule has 0 unspecified atom stereocenters. The van der Waals surface area contributed by atoms with Crippen LogP contribution < -0.4 is 10.6 Å². The minimum absolute atomic E-state index is 0.118. The van der Waals surface area contributed by atoms with E-state index in [1.807, 2.05) is 24.3 Å². The van der Waals surface area contributed by atoms with Gasteiger partial charge in [0, 0.05) is 25.6 Å². The molecule has 6 heteroatoms. The van der Waals surface area contributed by atoms with Gasteiger partial charge >= 0.3 is 0 Å². The molecule has 2 aromatic carbocycles. The average Bonchev–Trinajstić information content (AvgIpc) is 2.56. The highest BCUT2D eigenvalue weighted by molar-refractivity contribution is 5.98. The molecule has 6 nitrogen and oxygen atoms in total. The van der Waals surface area contributed by atoms with Crippen molar-refractivity contribution >= 4 is 33.9 Å². The molecule has 1 aromatic heterocycles. The highest BCUT2D eigenvalue weighted by Gasteiger charge is 2.08. The Kier molecular flexibility index (Phi) is 4.14. The van der Waals surface area contributed by atoms with Crippen LogP contribution in [0.2, 0.25) is 0 Å². The summed E-state index contributed by atoms with van der Waals surface area (Å²) in [5.41, 5.74) is 3.57. The second-order valence-electron chi connectivity index (χ2n) is 5.15. The first kappa shape index (κ1) is 14.9. The Morgan fingerprint density at radius 1 is 0.870 bits per heavy atom. The van der Waals surface area contributed by atoms with Crippen LogP contribution in [-0.2, 0) is 4.79 Å². The highest BCUT2D eigenvalue weighted by atomic mass is 16.2. The number of para-hydroxylation sites is 2. The van der Waals surface area contributed by atoms with E-state index in [9.17, 15) is 9.59 Å². The molecule has 0 saturated carbocycles. The maximum Gasteiger partial charge on any atom is 0.251 e. The lowest BCUT2D eigenvalue weighted by molar-refractivity contribution is -0.118. The quantitative estimate of drug-likeness (QED) is 0.567. The van der Waals surface area contributed by atoms with E-state index in [0.717, 1.165) is 16.6 Å². The molecule has 23 heavy (non-hydrogen) atoms. The normalized spacial score (nSPS) is 10.7. The van der Waals surface area contributed by atoms with Crippen LogP contribution in [0.5, 0.6) is 0 Å². The number of aromatic nitrogens is 2. The number of carbonyl (C=O) groups is 2. The summed E-state index contributed by atoms with van der Waals surface area (Å²) < 4.78 is 0. The molecule has 116 valence electrons. The molecule has 0 fully saturated rings. The standard InChI is InChI=1S/C17H16N4O2/c1-11(22)18-8-9-19-17(23)12-6-7-15-16(10-12)21-14-5-3-2-4-13(14)20-15/h2-7,10H,8-9H2,1H3,(H,18,22)(H,19,23). The van der Waals surface area contributed by atoms with Gasteiger partial charge in [-0.25, -0.2) is 9.97 Å². The Bertz CT molecular complexity index is 892. The van der Waals surface area contributed by atoms with Gasteiger partial charge in [0.2, 0.25) is 5.91 Å². The van der Waals surface area contributed by atoms with E-state index in [-0.39, 0.29) is 11.8 Å². The molecule has 0 atom stereocenters. The Morgan fingerprint density at radius 3 is 2.17 bits per heavy atom. The van der Waals surface area contributed by atoms with E-state index in [4.69, 9.17) is 0 Å². The lowest BCUT2D eigenvalue weighted by Gasteiger charge is -2.07. The maximum absolute atomic E-state index is 12.1. The van der Waals surface area contributed by atoms with Crippen LogP contribution in [0.4, 0.5) is 0 Å². The summed E-state index contributed by atoms with van der Waals surface area (Å²) in [6.45, 7) is 2.22. The SMILES string of the molecule is CC(=O)NCCNC(=O)c1ccc2nc3ccccc3nc2c1. The first-order chi connectivity index (χ1) is 11.1. The van der Waals surface area contributed by atoms with Crippen LogP contribution in [0.15, 0.2) is 42.5 Å². The minimum atomic E-state index is -0.202. The summed E-state index contributed by atoms with van der Waals surface area (Å²) in [4.78, 5) is 32.0. The number of carbonyl (C=O) groups excluding carboxylic acids is 2. The fraction of sp³-hybridized carbons (Fsp3) is 0.176. The fourth-order valence-corrected chi connectivity index (χ4v) is 2.28. The molecule has 0 aliphatic carbocycles. The third-order valence-electron chi connectivity index (χ3n) is 3.39. The van der Waals surface area contributed by atoms with Crippen LogP contribution in [0, 0.1) is 0 Å². The third kappa shape index (κ3) is 3.42. The number of benzene rings is 2. The Labute approximate surface area is 132 Å².